The Morgan fingerprint density at radius 3 is 2.67 bits per heavy atom. The number of carbonyl (C=O) groups is 3. The van der Waals surface area contributed by atoms with Gasteiger partial charge in [-0.15, -0.1) is 0 Å². The molecule has 0 aromatic rings. The molecule has 0 aromatic heterocycles. The first-order chi connectivity index (χ1) is 9.60. The minimum absolute atomic E-state index is 0.168. The van der Waals surface area contributed by atoms with E-state index in [0.717, 1.165) is 11.2 Å². The molecule has 0 spiro atoms. The molecule has 1 saturated heterocycles. The van der Waals surface area contributed by atoms with Crippen molar-refractivity contribution in [1.82, 2.24) is 15.5 Å². The predicted octanol–water partition coefficient (Wildman–Crippen LogP) is -1.60. The average molecular weight is 321 g/mol. The number of urea groups is 1. The Morgan fingerprint density at radius 2 is 2.14 bits per heavy atom. The van der Waals surface area contributed by atoms with Gasteiger partial charge < -0.3 is 20.6 Å². The molecule has 3 N–H and O–H groups in total. The number of sulfone groups is 1. The van der Waals surface area contributed by atoms with E-state index in [4.69, 9.17) is 5.11 Å². The number of hydrogen-bond donors (Lipinski definition) is 3. The molecule has 21 heavy (non-hydrogen) atoms. The smallest absolute Gasteiger partial charge is 0.318 e. The zero-order valence-corrected chi connectivity index (χ0v) is 12.6. The molecule has 9 nitrogen and oxygen atoms in total. The van der Waals surface area contributed by atoms with Crippen molar-refractivity contribution in [2.24, 2.45) is 0 Å². The van der Waals surface area contributed by atoms with E-state index >= 15 is 0 Å². The molecule has 0 aliphatic carbocycles. The van der Waals surface area contributed by atoms with E-state index in [1.54, 1.807) is 0 Å². The fourth-order valence-electron chi connectivity index (χ4n) is 2.12. The normalized spacial score (nSPS) is 20.6. The van der Waals surface area contributed by atoms with Crippen molar-refractivity contribution in [2.45, 2.75) is 25.4 Å². The summed E-state index contributed by atoms with van der Waals surface area (Å²) < 4.78 is 22.3. The monoisotopic (exact) mass is 321 g/mol. The van der Waals surface area contributed by atoms with E-state index in [1.807, 2.05) is 0 Å². The molecule has 10 heteroatoms. The molecule has 1 fully saturated rings. The predicted molar refractivity (Wildman–Crippen MR) is 73.5 cm³/mol. The highest BCUT2D eigenvalue weighted by Gasteiger charge is 2.35. The van der Waals surface area contributed by atoms with Gasteiger partial charge in [-0.2, -0.15) is 0 Å². The maximum absolute atomic E-state index is 12.1. The number of hydrogen-bond acceptors (Lipinski definition) is 5. The Morgan fingerprint density at radius 1 is 1.52 bits per heavy atom. The summed E-state index contributed by atoms with van der Waals surface area (Å²) in [5, 5.41) is 13.8. The Balaban J connectivity index is 2.73. The summed E-state index contributed by atoms with van der Waals surface area (Å²) in [5.74, 6) is -1.96. The molecule has 0 saturated carbocycles. The molecule has 0 bridgehead atoms. The molecule has 1 aliphatic heterocycles. The zero-order valence-electron chi connectivity index (χ0n) is 11.8. The van der Waals surface area contributed by atoms with Crippen LogP contribution in [-0.4, -0.2) is 73.5 Å². The first kappa shape index (κ1) is 17.2. The SMILES string of the molecule is CC(CS(C)(=O)=O)NC(=O)N1CCNC(=O)C1CC(=O)O. The van der Waals surface area contributed by atoms with E-state index < -0.39 is 46.2 Å². The first-order valence-electron chi connectivity index (χ1n) is 6.34. The summed E-state index contributed by atoms with van der Waals surface area (Å²) >= 11 is 0. The topological polar surface area (TPSA) is 133 Å². The molecular weight excluding hydrogens is 302 g/mol. The molecule has 120 valence electrons. The number of aliphatic carboxylic acids is 1. The summed E-state index contributed by atoms with van der Waals surface area (Å²) in [7, 11) is -3.25. The van der Waals surface area contributed by atoms with Crippen LogP contribution in [0.5, 0.6) is 0 Å². The second-order valence-corrected chi connectivity index (χ2v) is 7.23. The third-order valence-electron chi connectivity index (χ3n) is 2.88. The number of rotatable bonds is 5. The van der Waals surface area contributed by atoms with Crippen molar-refractivity contribution in [2.75, 3.05) is 25.1 Å². The van der Waals surface area contributed by atoms with Gasteiger partial charge in [0.2, 0.25) is 5.91 Å². The van der Waals surface area contributed by atoms with Gasteiger partial charge >= 0.3 is 12.0 Å². The Hall–Kier alpha value is -1.84. The van der Waals surface area contributed by atoms with Crippen LogP contribution in [-0.2, 0) is 19.4 Å². The molecular formula is C11H19N3O6S. The number of amides is 3. The first-order valence-corrected chi connectivity index (χ1v) is 8.40. The lowest BCUT2D eigenvalue weighted by molar-refractivity contribution is -0.142. The highest BCUT2D eigenvalue weighted by Crippen LogP contribution is 2.09. The summed E-state index contributed by atoms with van der Waals surface area (Å²) in [6.07, 6.45) is 0.553. The largest absolute Gasteiger partial charge is 0.481 e. The van der Waals surface area contributed by atoms with Crippen LogP contribution in [0.1, 0.15) is 13.3 Å². The van der Waals surface area contributed by atoms with Crippen LogP contribution in [0, 0.1) is 0 Å². The van der Waals surface area contributed by atoms with Gasteiger partial charge in [0.15, 0.2) is 0 Å². The minimum atomic E-state index is -3.25. The van der Waals surface area contributed by atoms with E-state index in [0.29, 0.717) is 0 Å². The Bertz CT molecular complexity index is 532. The van der Waals surface area contributed by atoms with Gasteiger partial charge in [-0.3, -0.25) is 9.59 Å². The highest BCUT2D eigenvalue weighted by atomic mass is 32.2. The molecule has 1 rings (SSSR count). The van der Waals surface area contributed by atoms with Crippen LogP contribution in [0.3, 0.4) is 0 Å². The standard InChI is InChI=1S/C11H19N3O6S/c1-7(6-21(2,19)20)13-11(18)14-4-3-12-10(17)8(14)5-9(15)16/h7-8H,3-6H2,1-2H3,(H,12,17)(H,13,18)(H,15,16). The third-order valence-corrected chi connectivity index (χ3v) is 3.99. The van der Waals surface area contributed by atoms with Crippen LogP contribution in [0.15, 0.2) is 0 Å². The Kier molecular flexibility index (Phi) is 5.53. The minimum Gasteiger partial charge on any atom is -0.481 e. The Labute approximate surface area is 122 Å². The molecule has 1 aliphatic rings. The van der Waals surface area contributed by atoms with Gasteiger partial charge in [-0.1, -0.05) is 0 Å². The average Bonchev–Trinajstić information content (AvgIpc) is 2.28. The van der Waals surface area contributed by atoms with E-state index in [9.17, 15) is 22.8 Å². The van der Waals surface area contributed by atoms with Gasteiger partial charge in [0.25, 0.3) is 0 Å². The summed E-state index contributed by atoms with van der Waals surface area (Å²) in [4.78, 5) is 35.6. The number of nitrogens with one attached hydrogen (secondary N) is 2. The molecule has 0 radical (unpaired) electrons. The second kappa shape index (κ2) is 6.74. The van der Waals surface area contributed by atoms with Crippen LogP contribution >= 0.6 is 0 Å². The second-order valence-electron chi connectivity index (χ2n) is 5.04. The van der Waals surface area contributed by atoms with Crippen LogP contribution < -0.4 is 10.6 Å². The summed E-state index contributed by atoms with van der Waals surface area (Å²) in [6, 6.07) is -2.38. The van der Waals surface area contributed by atoms with E-state index in [1.165, 1.54) is 6.92 Å². The fourth-order valence-corrected chi connectivity index (χ4v) is 3.11. The molecule has 2 unspecified atom stereocenters. The maximum atomic E-state index is 12.1. The molecule has 1 heterocycles. The summed E-state index contributed by atoms with van der Waals surface area (Å²) in [6.45, 7) is 1.92. The van der Waals surface area contributed by atoms with Crippen LogP contribution in [0.2, 0.25) is 0 Å². The van der Waals surface area contributed by atoms with Crippen molar-refractivity contribution in [3.05, 3.63) is 0 Å². The lowest BCUT2D eigenvalue weighted by Crippen LogP contribution is -2.61. The van der Waals surface area contributed by atoms with Crippen molar-refractivity contribution in [3.8, 4) is 0 Å². The van der Waals surface area contributed by atoms with Gasteiger partial charge in [-0.25, -0.2) is 13.2 Å². The lowest BCUT2D eigenvalue weighted by atomic mass is 10.1. The highest BCUT2D eigenvalue weighted by molar-refractivity contribution is 7.90. The van der Waals surface area contributed by atoms with Crippen molar-refractivity contribution < 1.29 is 27.9 Å². The van der Waals surface area contributed by atoms with Crippen LogP contribution in [0.4, 0.5) is 4.79 Å². The number of nitrogens with zero attached hydrogens (tertiary/aromatic N) is 1. The van der Waals surface area contributed by atoms with Crippen molar-refractivity contribution in [3.63, 3.8) is 0 Å². The summed E-state index contributed by atoms with van der Waals surface area (Å²) in [5.41, 5.74) is 0. The van der Waals surface area contributed by atoms with Gasteiger partial charge in [0, 0.05) is 25.4 Å². The quantitative estimate of drug-likeness (QED) is 0.559. The van der Waals surface area contributed by atoms with E-state index in [-0.39, 0.29) is 18.8 Å². The van der Waals surface area contributed by atoms with E-state index in [2.05, 4.69) is 10.6 Å². The maximum Gasteiger partial charge on any atom is 0.318 e. The molecule has 2 atom stereocenters. The lowest BCUT2D eigenvalue weighted by Gasteiger charge is -2.34. The fraction of sp³-hybridized carbons (Fsp3) is 0.727. The number of carbonyl (C=O) groups excluding carboxylic acids is 2. The van der Waals surface area contributed by atoms with Crippen LogP contribution in [0.25, 0.3) is 0 Å². The van der Waals surface area contributed by atoms with Gasteiger partial charge in [0.05, 0.1) is 12.2 Å². The van der Waals surface area contributed by atoms with Crippen molar-refractivity contribution in [1.29, 1.82) is 0 Å². The molecule has 3 amide bonds. The van der Waals surface area contributed by atoms with Crippen molar-refractivity contribution >= 4 is 27.7 Å². The van der Waals surface area contributed by atoms with Gasteiger partial charge in [-0.05, 0) is 6.92 Å². The zero-order chi connectivity index (χ0) is 16.2. The number of carboxylic acid groups (broad SMARTS) is 1. The number of carboxylic acids is 1. The number of piperazine rings is 1. The van der Waals surface area contributed by atoms with Gasteiger partial charge in [0.1, 0.15) is 15.9 Å². The third kappa shape index (κ3) is 5.58. The molecule has 0 aromatic carbocycles.